The summed E-state index contributed by atoms with van der Waals surface area (Å²) < 4.78 is 38.7. The van der Waals surface area contributed by atoms with E-state index in [2.05, 4.69) is 5.32 Å². The van der Waals surface area contributed by atoms with Gasteiger partial charge in [-0.15, -0.1) is 0 Å². The largest absolute Gasteiger partial charge is 0.348 e. The zero-order valence-corrected chi connectivity index (χ0v) is 17.0. The number of anilines is 1. The van der Waals surface area contributed by atoms with Crippen molar-refractivity contribution in [2.24, 2.45) is 0 Å². The maximum absolute atomic E-state index is 13.2. The van der Waals surface area contributed by atoms with Crippen molar-refractivity contribution in [3.8, 4) is 0 Å². The molecule has 0 spiro atoms. The summed E-state index contributed by atoms with van der Waals surface area (Å²) in [5.41, 5.74) is 3.33. The van der Waals surface area contributed by atoms with Gasteiger partial charge >= 0.3 is 0 Å². The van der Waals surface area contributed by atoms with Gasteiger partial charge in [0.25, 0.3) is 0 Å². The van der Waals surface area contributed by atoms with Crippen molar-refractivity contribution >= 4 is 21.6 Å². The number of amides is 1. The fourth-order valence-electron chi connectivity index (χ4n) is 3.03. The normalized spacial score (nSPS) is 13.7. The number of carbonyl (C=O) groups excluding carboxylic acids is 1. The van der Waals surface area contributed by atoms with Crippen LogP contribution in [-0.4, -0.2) is 26.6 Å². The molecular weight excluding hydrogens is 367 g/mol. The Balaban J connectivity index is 2.27. The Kier molecular flexibility index (Phi) is 6.26. The van der Waals surface area contributed by atoms with Crippen LogP contribution in [0.15, 0.2) is 42.5 Å². The van der Waals surface area contributed by atoms with E-state index in [-0.39, 0.29) is 11.7 Å². The fourth-order valence-corrected chi connectivity index (χ4v) is 4.21. The topological polar surface area (TPSA) is 66.5 Å². The van der Waals surface area contributed by atoms with Gasteiger partial charge in [-0.2, -0.15) is 0 Å². The SMILES string of the molecule is Cc1ccc(C)c([C@@H](C)NC(=O)[C@@H](C)N(c2ccc(F)cc2)S(C)(=O)=O)c1. The predicted molar refractivity (Wildman–Crippen MR) is 106 cm³/mol. The molecule has 2 aromatic rings. The van der Waals surface area contributed by atoms with Crippen LogP contribution < -0.4 is 9.62 Å². The molecule has 2 aromatic carbocycles. The van der Waals surface area contributed by atoms with E-state index in [0.29, 0.717) is 0 Å². The first-order chi connectivity index (χ1) is 12.5. The Morgan fingerprint density at radius 2 is 1.67 bits per heavy atom. The van der Waals surface area contributed by atoms with Crippen LogP contribution >= 0.6 is 0 Å². The second-order valence-electron chi connectivity index (χ2n) is 6.80. The van der Waals surface area contributed by atoms with Crippen molar-refractivity contribution in [3.05, 3.63) is 65.0 Å². The molecule has 0 heterocycles. The lowest BCUT2D eigenvalue weighted by Crippen LogP contribution is -2.48. The van der Waals surface area contributed by atoms with Crippen LogP contribution in [0.4, 0.5) is 10.1 Å². The van der Waals surface area contributed by atoms with Crippen molar-refractivity contribution in [1.82, 2.24) is 5.32 Å². The monoisotopic (exact) mass is 392 g/mol. The highest BCUT2D eigenvalue weighted by molar-refractivity contribution is 7.92. The van der Waals surface area contributed by atoms with Gasteiger partial charge in [-0.25, -0.2) is 12.8 Å². The van der Waals surface area contributed by atoms with Gasteiger partial charge in [0.05, 0.1) is 18.0 Å². The maximum Gasteiger partial charge on any atom is 0.244 e. The fraction of sp³-hybridized carbons (Fsp3) is 0.350. The van der Waals surface area contributed by atoms with Crippen molar-refractivity contribution < 1.29 is 17.6 Å². The van der Waals surface area contributed by atoms with Crippen molar-refractivity contribution in [1.29, 1.82) is 0 Å². The van der Waals surface area contributed by atoms with E-state index >= 15 is 0 Å². The smallest absolute Gasteiger partial charge is 0.244 e. The average Bonchev–Trinajstić information content (AvgIpc) is 2.57. The van der Waals surface area contributed by atoms with Gasteiger partial charge in [-0.05, 0) is 63.1 Å². The first-order valence-electron chi connectivity index (χ1n) is 8.63. The zero-order chi connectivity index (χ0) is 20.4. The molecule has 2 rings (SSSR count). The number of nitrogens with one attached hydrogen (secondary N) is 1. The molecule has 0 saturated heterocycles. The van der Waals surface area contributed by atoms with Crippen molar-refractivity contribution in [3.63, 3.8) is 0 Å². The second kappa shape index (κ2) is 8.08. The maximum atomic E-state index is 13.2. The molecule has 0 fully saturated rings. The molecule has 2 atom stereocenters. The summed E-state index contributed by atoms with van der Waals surface area (Å²) in [5.74, 6) is -0.911. The summed E-state index contributed by atoms with van der Waals surface area (Å²) in [6, 6.07) is 9.72. The lowest BCUT2D eigenvalue weighted by molar-refractivity contribution is -0.122. The van der Waals surface area contributed by atoms with Crippen LogP contribution in [0.2, 0.25) is 0 Å². The first kappa shape index (κ1) is 20.9. The third kappa shape index (κ3) is 5.07. The summed E-state index contributed by atoms with van der Waals surface area (Å²) >= 11 is 0. The number of halogens is 1. The minimum atomic E-state index is -3.74. The van der Waals surface area contributed by atoms with E-state index < -0.39 is 27.8 Å². The van der Waals surface area contributed by atoms with Gasteiger partial charge in [0.2, 0.25) is 15.9 Å². The molecule has 0 unspecified atom stereocenters. The molecule has 146 valence electrons. The third-order valence-corrected chi connectivity index (χ3v) is 5.67. The van der Waals surface area contributed by atoms with Gasteiger partial charge < -0.3 is 5.32 Å². The van der Waals surface area contributed by atoms with Gasteiger partial charge in [0.15, 0.2) is 0 Å². The Hall–Kier alpha value is -2.41. The Morgan fingerprint density at radius 3 is 2.22 bits per heavy atom. The number of hydrogen-bond donors (Lipinski definition) is 1. The van der Waals surface area contributed by atoms with E-state index in [9.17, 15) is 17.6 Å². The minimum absolute atomic E-state index is 0.237. The molecule has 7 heteroatoms. The number of carbonyl (C=O) groups is 1. The summed E-state index contributed by atoms with van der Waals surface area (Å²) in [5, 5.41) is 2.88. The van der Waals surface area contributed by atoms with E-state index in [1.165, 1.54) is 19.1 Å². The molecule has 0 saturated carbocycles. The lowest BCUT2D eigenvalue weighted by atomic mass is 10.00. The number of hydrogen-bond acceptors (Lipinski definition) is 3. The molecule has 0 aliphatic heterocycles. The number of aryl methyl sites for hydroxylation is 2. The first-order valence-corrected chi connectivity index (χ1v) is 10.5. The molecule has 0 aromatic heterocycles. The standard InChI is InChI=1S/C20H25FN2O3S/c1-13-6-7-14(2)19(12-13)15(3)22-20(24)16(4)23(27(5,25)26)18-10-8-17(21)9-11-18/h6-12,15-16H,1-5H3,(H,22,24)/t15-,16-/m1/s1. The van der Waals surface area contributed by atoms with E-state index in [1.54, 1.807) is 0 Å². The van der Waals surface area contributed by atoms with Gasteiger partial charge in [-0.1, -0.05) is 23.8 Å². The molecular formula is C20H25FN2O3S. The van der Waals surface area contributed by atoms with Crippen LogP contribution in [0.1, 0.15) is 36.6 Å². The second-order valence-corrected chi connectivity index (χ2v) is 8.66. The highest BCUT2D eigenvalue weighted by atomic mass is 32.2. The Bertz CT molecular complexity index is 927. The van der Waals surface area contributed by atoms with E-state index in [1.807, 2.05) is 39.0 Å². The van der Waals surface area contributed by atoms with E-state index in [4.69, 9.17) is 0 Å². The Labute approximate surface area is 160 Å². The number of nitrogens with zero attached hydrogens (tertiary/aromatic N) is 1. The van der Waals surface area contributed by atoms with Gasteiger partial charge in [-0.3, -0.25) is 9.10 Å². The highest BCUT2D eigenvalue weighted by Gasteiger charge is 2.30. The summed E-state index contributed by atoms with van der Waals surface area (Å²) in [6.07, 6.45) is 1.02. The zero-order valence-electron chi connectivity index (χ0n) is 16.2. The van der Waals surface area contributed by atoms with Gasteiger partial charge in [0, 0.05) is 0 Å². The molecule has 0 radical (unpaired) electrons. The molecule has 0 bridgehead atoms. The Morgan fingerprint density at radius 1 is 1.07 bits per heavy atom. The predicted octanol–water partition coefficient (Wildman–Crippen LogP) is 3.47. The number of rotatable bonds is 6. The molecule has 0 aliphatic carbocycles. The van der Waals surface area contributed by atoms with Gasteiger partial charge in [0.1, 0.15) is 11.9 Å². The van der Waals surface area contributed by atoms with Crippen molar-refractivity contribution in [2.45, 2.75) is 39.8 Å². The highest BCUT2D eigenvalue weighted by Crippen LogP contribution is 2.23. The summed E-state index contributed by atoms with van der Waals surface area (Å²) in [6.45, 7) is 7.30. The van der Waals surface area contributed by atoms with Crippen LogP contribution in [0.25, 0.3) is 0 Å². The minimum Gasteiger partial charge on any atom is -0.348 e. The molecule has 27 heavy (non-hydrogen) atoms. The number of benzene rings is 2. The lowest BCUT2D eigenvalue weighted by Gasteiger charge is -2.29. The van der Waals surface area contributed by atoms with Crippen LogP contribution in [0, 0.1) is 19.7 Å². The van der Waals surface area contributed by atoms with Crippen LogP contribution in [0.5, 0.6) is 0 Å². The van der Waals surface area contributed by atoms with Crippen LogP contribution in [-0.2, 0) is 14.8 Å². The number of sulfonamides is 1. The molecule has 0 aliphatic rings. The summed E-state index contributed by atoms with van der Waals surface area (Å²) in [4.78, 5) is 12.8. The van der Waals surface area contributed by atoms with E-state index in [0.717, 1.165) is 39.4 Å². The van der Waals surface area contributed by atoms with Crippen molar-refractivity contribution in [2.75, 3.05) is 10.6 Å². The third-order valence-electron chi connectivity index (χ3n) is 4.43. The molecule has 1 amide bonds. The summed E-state index contributed by atoms with van der Waals surface area (Å²) in [7, 11) is -3.74. The quantitative estimate of drug-likeness (QED) is 0.819. The molecule has 5 nitrogen and oxygen atoms in total. The van der Waals surface area contributed by atoms with Crippen LogP contribution in [0.3, 0.4) is 0 Å². The molecule has 1 N–H and O–H groups in total. The average molecular weight is 392 g/mol.